The number of hydrogen-bond acceptors (Lipinski definition) is 4. The van der Waals surface area contributed by atoms with Crippen LogP contribution >= 0.6 is 0 Å². The second-order valence-electron chi connectivity index (χ2n) is 4.65. The maximum Gasteiger partial charge on any atom is 0.159 e. The molecule has 19 heavy (non-hydrogen) atoms. The quantitative estimate of drug-likeness (QED) is 0.897. The molecule has 0 aliphatic heterocycles. The molecule has 102 valence electrons. The molecule has 0 spiro atoms. The van der Waals surface area contributed by atoms with E-state index in [9.17, 15) is 0 Å². The minimum Gasteiger partial charge on any atom is -0.370 e. The summed E-state index contributed by atoms with van der Waals surface area (Å²) >= 11 is 0. The van der Waals surface area contributed by atoms with Gasteiger partial charge in [-0.15, -0.1) is 0 Å². The van der Waals surface area contributed by atoms with Gasteiger partial charge in [0.2, 0.25) is 0 Å². The SMILES string of the molecule is CCCNc1cc(-n2nc(C)cc2C)nc(CC)n1. The minimum absolute atomic E-state index is 0.813. The molecule has 0 aromatic carbocycles. The molecule has 1 N–H and O–H groups in total. The Labute approximate surface area is 114 Å². The summed E-state index contributed by atoms with van der Waals surface area (Å²) in [7, 11) is 0. The summed E-state index contributed by atoms with van der Waals surface area (Å²) in [5, 5.41) is 7.79. The third-order valence-corrected chi connectivity index (χ3v) is 2.86. The smallest absolute Gasteiger partial charge is 0.159 e. The van der Waals surface area contributed by atoms with Gasteiger partial charge in [-0.1, -0.05) is 13.8 Å². The first-order valence-corrected chi connectivity index (χ1v) is 6.79. The lowest BCUT2D eigenvalue weighted by atomic mass is 10.4. The molecule has 2 aromatic heterocycles. The van der Waals surface area contributed by atoms with Gasteiger partial charge >= 0.3 is 0 Å². The summed E-state index contributed by atoms with van der Waals surface area (Å²) in [6.45, 7) is 9.13. The van der Waals surface area contributed by atoms with Crippen molar-refractivity contribution in [1.29, 1.82) is 0 Å². The fourth-order valence-electron chi connectivity index (χ4n) is 1.95. The van der Waals surface area contributed by atoms with Crippen molar-refractivity contribution < 1.29 is 0 Å². The third-order valence-electron chi connectivity index (χ3n) is 2.86. The molecule has 5 heteroatoms. The molecular weight excluding hydrogens is 238 g/mol. The van der Waals surface area contributed by atoms with Crippen molar-refractivity contribution in [1.82, 2.24) is 19.7 Å². The topological polar surface area (TPSA) is 55.6 Å². The van der Waals surface area contributed by atoms with Gasteiger partial charge in [0.1, 0.15) is 11.6 Å². The zero-order valence-corrected chi connectivity index (χ0v) is 12.1. The number of anilines is 1. The fourth-order valence-corrected chi connectivity index (χ4v) is 1.95. The highest BCUT2D eigenvalue weighted by molar-refractivity contribution is 5.42. The van der Waals surface area contributed by atoms with Gasteiger partial charge in [0.05, 0.1) is 5.69 Å². The Kier molecular flexibility index (Phi) is 4.14. The molecule has 5 nitrogen and oxygen atoms in total. The van der Waals surface area contributed by atoms with Crippen molar-refractivity contribution in [3.8, 4) is 5.82 Å². The van der Waals surface area contributed by atoms with Crippen LogP contribution in [-0.2, 0) is 6.42 Å². The Hall–Kier alpha value is -1.91. The molecule has 0 bridgehead atoms. The van der Waals surface area contributed by atoms with Crippen LogP contribution in [0.15, 0.2) is 12.1 Å². The maximum absolute atomic E-state index is 4.55. The Bertz CT molecular complexity index is 559. The van der Waals surface area contributed by atoms with Crippen LogP contribution in [0.4, 0.5) is 5.82 Å². The van der Waals surface area contributed by atoms with Crippen LogP contribution in [0.3, 0.4) is 0 Å². The molecule has 2 aromatic rings. The monoisotopic (exact) mass is 259 g/mol. The van der Waals surface area contributed by atoms with E-state index in [1.807, 2.05) is 30.7 Å². The Morgan fingerprint density at radius 1 is 1.16 bits per heavy atom. The summed E-state index contributed by atoms with van der Waals surface area (Å²) in [5.41, 5.74) is 2.08. The van der Waals surface area contributed by atoms with Crippen LogP contribution in [0, 0.1) is 13.8 Å². The summed E-state index contributed by atoms with van der Waals surface area (Å²) < 4.78 is 1.87. The summed E-state index contributed by atoms with van der Waals surface area (Å²) in [6, 6.07) is 4.00. The van der Waals surface area contributed by atoms with Crippen molar-refractivity contribution in [2.45, 2.75) is 40.5 Å². The highest BCUT2D eigenvalue weighted by Crippen LogP contribution is 2.14. The van der Waals surface area contributed by atoms with Gasteiger partial charge in [0.25, 0.3) is 0 Å². The summed E-state index contributed by atoms with van der Waals surface area (Å²) in [5.74, 6) is 2.54. The molecule has 0 saturated heterocycles. The Morgan fingerprint density at radius 2 is 1.95 bits per heavy atom. The highest BCUT2D eigenvalue weighted by Gasteiger charge is 2.08. The van der Waals surface area contributed by atoms with E-state index in [2.05, 4.69) is 34.2 Å². The molecular formula is C14H21N5. The Morgan fingerprint density at radius 3 is 2.53 bits per heavy atom. The van der Waals surface area contributed by atoms with E-state index in [0.717, 1.165) is 48.2 Å². The van der Waals surface area contributed by atoms with Gasteiger partial charge in [-0.25, -0.2) is 14.6 Å². The highest BCUT2D eigenvalue weighted by atomic mass is 15.3. The van der Waals surface area contributed by atoms with E-state index in [-0.39, 0.29) is 0 Å². The lowest BCUT2D eigenvalue weighted by Gasteiger charge is -2.09. The van der Waals surface area contributed by atoms with Gasteiger partial charge in [-0.3, -0.25) is 0 Å². The number of aromatic nitrogens is 4. The van der Waals surface area contributed by atoms with Crippen molar-refractivity contribution >= 4 is 5.82 Å². The first-order valence-electron chi connectivity index (χ1n) is 6.79. The molecule has 2 heterocycles. The Balaban J connectivity index is 2.41. The third kappa shape index (κ3) is 3.10. The second kappa shape index (κ2) is 5.82. The van der Waals surface area contributed by atoms with E-state index < -0.39 is 0 Å². The maximum atomic E-state index is 4.55. The van der Waals surface area contributed by atoms with Gasteiger partial charge in [-0.05, 0) is 26.3 Å². The van der Waals surface area contributed by atoms with Crippen LogP contribution < -0.4 is 5.32 Å². The zero-order chi connectivity index (χ0) is 13.8. The minimum atomic E-state index is 0.813. The van der Waals surface area contributed by atoms with Crippen molar-refractivity contribution in [2.24, 2.45) is 0 Å². The largest absolute Gasteiger partial charge is 0.370 e. The van der Waals surface area contributed by atoms with E-state index in [4.69, 9.17) is 0 Å². The van der Waals surface area contributed by atoms with Crippen molar-refractivity contribution in [2.75, 3.05) is 11.9 Å². The number of rotatable bonds is 5. The normalized spacial score (nSPS) is 10.7. The first kappa shape index (κ1) is 13.5. The van der Waals surface area contributed by atoms with Gasteiger partial charge in [0, 0.05) is 24.7 Å². The number of aryl methyl sites for hydroxylation is 3. The van der Waals surface area contributed by atoms with Crippen molar-refractivity contribution in [3.63, 3.8) is 0 Å². The average molecular weight is 259 g/mol. The molecule has 0 amide bonds. The van der Waals surface area contributed by atoms with Gasteiger partial charge in [0.15, 0.2) is 5.82 Å². The molecule has 0 aliphatic carbocycles. The predicted molar refractivity (Wildman–Crippen MR) is 76.8 cm³/mol. The zero-order valence-electron chi connectivity index (χ0n) is 12.1. The van der Waals surface area contributed by atoms with Gasteiger partial charge < -0.3 is 5.32 Å². The molecule has 0 aliphatic rings. The van der Waals surface area contributed by atoms with E-state index in [1.54, 1.807) is 0 Å². The first-order chi connectivity index (χ1) is 9.13. The average Bonchev–Trinajstić information content (AvgIpc) is 2.75. The number of nitrogens with one attached hydrogen (secondary N) is 1. The van der Waals surface area contributed by atoms with Gasteiger partial charge in [-0.2, -0.15) is 5.10 Å². The molecule has 0 saturated carbocycles. The van der Waals surface area contributed by atoms with Crippen molar-refractivity contribution in [3.05, 3.63) is 29.3 Å². The van der Waals surface area contributed by atoms with Crippen LogP contribution in [0.1, 0.15) is 37.5 Å². The summed E-state index contributed by atoms with van der Waals surface area (Å²) in [6.07, 6.45) is 1.88. The number of nitrogens with zero attached hydrogens (tertiary/aromatic N) is 4. The number of hydrogen-bond donors (Lipinski definition) is 1. The molecule has 0 radical (unpaired) electrons. The fraction of sp³-hybridized carbons (Fsp3) is 0.500. The van der Waals surface area contributed by atoms with Crippen LogP contribution in [0.2, 0.25) is 0 Å². The standard InChI is InChI=1S/C14H21N5/c1-5-7-15-13-9-14(17-12(6-2)16-13)19-11(4)8-10(3)18-19/h8-9H,5-7H2,1-4H3,(H,15,16,17). The van der Waals surface area contributed by atoms with Crippen LogP contribution in [0.5, 0.6) is 0 Å². The van der Waals surface area contributed by atoms with E-state index in [0.29, 0.717) is 0 Å². The van der Waals surface area contributed by atoms with E-state index in [1.165, 1.54) is 0 Å². The van der Waals surface area contributed by atoms with Crippen LogP contribution in [-0.4, -0.2) is 26.3 Å². The summed E-state index contributed by atoms with van der Waals surface area (Å²) in [4.78, 5) is 9.04. The molecule has 0 unspecified atom stereocenters. The predicted octanol–water partition coefficient (Wildman–Crippen LogP) is 2.66. The molecule has 2 rings (SSSR count). The van der Waals surface area contributed by atoms with Crippen LogP contribution in [0.25, 0.3) is 5.82 Å². The second-order valence-corrected chi connectivity index (χ2v) is 4.65. The van der Waals surface area contributed by atoms with E-state index >= 15 is 0 Å². The lowest BCUT2D eigenvalue weighted by Crippen LogP contribution is -2.09. The lowest BCUT2D eigenvalue weighted by molar-refractivity contribution is 0.782. The molecule has 0 fully saturated rings. The molecule has 0 atom stereocenters.